The Balaban J connectivity index is 1.68. The van der Waals surface area contributed by atoms with Gasteiger partial charge in [-0.15, -0.1) is 0 Å². The lowest BCUT2D eigenvalue weighted by atomic mass is 10.1. The van der Waals surface area contributed by atoms with Gasteiger partial charge in [-0.2, -0.15) is 0 Å². The first-order valence-corrected chi connectivity index (χ1v) is 9.21. The van der Waals surface area contributed by atoms with Crippen molar-refractivity contribution in [1.29, 1.82) is 0 Å². The second-order valence-corrected chi connectivity index (χ2v) is 6.52. The maximum atomic E-state index is 12.3. The zero-order valence-corrected chi connectivity index (χ0v) is 16.0. The van der Waals surface area contributed by atoms with E-state index in [2.05, 4.69) is 0 Å². The molecular weight excluding hydrogens is 366 g/mol. The van der Waals surface area contributed by atoms with Crippen LogP contribution in [0.3, 0.4) is 0 Å². The lowest BCUT2D eigenvalue weighted by Gasteiger charge is -2.35. The Morgan fingerprint density at radius 3 is 2.21 bits per heavy atom. The Labute approximate surface area is 164 Å². The standard InChI is InChI=1S/C19H27N3O6/c1-27-14-3-2-4-15(13-14)28-12-7-18(24)22-10-8-21(9-11-22)17(23)6-5-16(20)19(25)26/h2-4,13,16H,5-12,20H2,1H3,(H,25,26)/t16-/m0/s1. The van der Waals surface area contributed by atoms with Gasteiger partial charge in [0.25, 0.3) is 0 Å². The van der Waals surface area contributed by atoms with Crippen LogP contribution in [-0.4, -0.2) is 78.6 Å². The summed E-state index contributed by atoms with van der Waals surface area (Å²) in [6.45, 7) is 2.04. The van der Waals surface area contributed by atoms with Crippen LogP contribution in [0.1, 0.15) is 19.3 Å². The molecule has 154 valence electrons. The van der Waals surface area contributed by atoms with Gasteiger partial charge < -0.3 is 30.1 Å². The van der Waals surface area contributed by atoms with Crippen LogP contribution in [0.5, 0.6) is 11.5 Å². The van der Waals surface area contributed by atoms with Crippen LogP contribution in [-0.2, 0) is 14.4 Å². The molecule has 0 unspecified atom stereocenters. The molecule has 2 amide bonds. The number of piperazine rings is 1. The predicted molar refractivity (Wildman–Crippen MR) is 101 cm³/mol. The molecule has 9 nitrogen and oxygen atoms in total. The molecule has 1 aliphatic heterocycles. The fourth-order valence-electron chi connectivity index (χ4n) is 2.87. The highest BCUT2D eigenvalue weighted by Crippen LogP contribution is 2.19. The lowest BCUT2D eigenvalue weighted by Crippen LogP contribution is -2.51. The number of methoxy groups -OCH3 is 1. The van der Waals surface area contributed by atoms with E-state index in [-0.39, 0.29) is 37.7 Å². The smallest absolute Gasteiger partial charge is 0.320 e. The molecule has 1 heterocycles. The molecule has 0 spiro atoms. The van der Waals surface area contributed by atoms with Crippen LogP contribution in [0, 0.1) is 0 Å². The first-order chi connectivity index (χ1) is 13.4. The third-order valence-electron chi connectivity index (χ3n) is 4.60. The number of nitrogens with zero attached hydrogens (tertiary/aromatic N) is 2. The first kappa shape index (κ1) is 21.5. The molecule has 3 N–H and O–H groups in total. The zero-order chi connectivity index (χ0) is 20.5. The summed E-state index contributed by atoms with van der Waals surface area (Å²) in [5.74, 6) is 0.0588. The fraction of sp³-hybridized carbons (Fsp3) is 0.526. The van der Waals surface area contributed by atoms with E-state index < -0.39 is 12.0 Å². The van der Waals surface area contributed by atoms with Crippen molar-refractivity contribution in [3.05, 3.63) is 24.3 Å². The molecule has 2 rings (SSSR count). The minimum Gasteiger partial charge on any atom is -0.497 e. The molecule has 9 heteroatoms. The number of rotatable bonds is 9. The van der Waals surface area contributed by atoms with E-state index >= 15 is 0 Å². The monoisotopic (exact) mass is 393 g/mol. The van der Waals surface area contributed by atoms with Crippen molar-refractivity contribution in [3.63, 3.8) is 0 Å². The van der Waals surface area contributed by atoms with Crippen LogP contribution < -0.4 is 15.2 Å². The van der Waals surface area contributed by atoms with Crippen LogP contribution in [0.25, 0.3) is 0 Å². The minimum absolute atomic E-state index is 0.0251. The van der Waals surface area contributed by atoms with Crippen molar-refractivity contribution >= 4 is 17.8 Å². The van der Waals surface area contributed by atoms with Gasteiger partial charge in [0.1, 0.15) is 17.5 Å². The van der Waals surface area contributed by atoms with Crippen molar-refractivity contribution in [2.75, 3.05) is 39.9 Å². The first-order valence-electron chi connectivity index (χ1n) is 9.21. The molecule has 1 aromatic rings. The Morgan fingerprint density at radius 2 is 1.64 bits per heavy atom. The number of carbonyl (C=O) groups excluding carboxylic acids is 2. The van der Waals surface area contributed by atoms with E-state index in [1.165, 1.54) is 0 Å². The van der Waals surface area contributed by atoms with E-state index in [9.17, 15) is 14.4 Å². The third-order valence-corrected chi connectivity index (χ3v) is 4.60. The van der Waals surface area contributed by atoms with Crippen LogP contribution >= 0.6 is 0 Å². The second kappa shape index (κ2) is 10.5. The number of hydrogen-bond donors (Lipinski definition) is 2. The van der Waals surface area contributed by atoms with Gasteiger partial charge >= 0.3 is 5.97 Å². The number of ether oxygens (including phenoxy) is 2. The minimum atomic E-state index is -1.11. The molecule has 0 bridgehead atoms. The molecule has 1 saturated heterocycles. The largest absolute Gasteiger partial charge is 0.497 e. The number of carboxylic acid groups (broad SMARTS) is 1. The molecule has 1 aromatic carbocycles. The molecule has 0 radical (unpaired) electrons. The summed E-state index contributed by atoms with van der Waals surface area (Å²) >= 11 is 0. The number of hydrogen-bond acceptors (Lipinski definition) is 6. The van der Waals surface area contributed by atoms with E-state index in [0.717, 1.165) is 0 Å². The summed E-state index contributed by atoms with van der Waals surface area (Å²) in [6, 6.07) is 6.15. The normalized spacial score (nSPS) is 15.1. The molecule has 0 saturated carbocycles. The number of benzene rings is 1. The highest BCUT2D eigenvalue weighted by Gasteiger charge is 2.24. The summed E-state index contributed by atoms with van der Waals surface area (Å²) in [7, 11) is 1.58. The highest BCUT2D eigenvalue weighted by atomic mass is 16.5. The maximum Gasteiger partial charge on any atom is 0.320 e. The van der Waals surface area contributed by atoms with Gasteiger partial charge in [0.05, 0.1) is 20.1 Å². The van der Waals surface area contributed by atoms with Crippen LogP contribution in [0.15, 0.2) is 24.3 Å². The summed E-state index contributed by atoms with van der Waals surface area (Å²) in [5.41, 5.74) is 5.42. The molecule has 1 atom stereocenters. The van der Waals surface area contributed by atoms with Crippen molar-refractivity contribution in [2.24, 2.45) is 5.73 Å². The summed E-state index contributed by atoms with van der Waals surface area (Å²) in [6.07, 6.45) is 0.448. The van der Waals surface area contributed by atoms with Gasteiger partial charge in [-0.25, -0.2) is 0 Å². The predicted octanol–water partition coefficient (Wildman–Crippen LogP) is 0.327. The highest BCUT2D eigenvalue weighted by molar-refractivity contribution is 5.79. The summed E-state index contributed by atoms with van der Waals surface area (Å²) < 4.78 is 10.7. The molecule has 1 fully saturated rings. The summed E-state index contributed by atoms with van der Waals surface area (Å²) in [5, 5.41) is 8.76. The van der Waals surface area contributed by atoms with E-state index in [4.69, 9.17) is 20.3 Å². The Kier molecular flexibility index (Phi) is 8.06. The van der Waals surface area contributed by atoms with Crippen molar-refractivity contribution in [3.8, 4) is 11.5 Å². The molecule has 0 aliphatic carbocycles. The molecule has 1 aliphatic rings. The Hall–Kier alpha value is -2.81. The third kappa shape index (κ3) is 6.41. The van der Waals surface area contributed by atoms with Gasteiger partial charge in [0.2, 0.25) is 11.8 Å². The van der Waals surface area contributed by atoms with Gasteiger partial charge in [-0.3, -0.25) is 14.4 Å². The van der Waals surface area contributed by atoms with Gasteiger partial charge in [-0.1, -0.05) is 6.07 Å². The zero-order valence-electron chi connectivity index (χ0n) is 16.0. The van der Waals surface area contributed by atoms with Gasteiger partial charge in [-0.05, 0) is 18.6 Å². The van der Waals surface area contributed by atoms with Crippen LogP contribution in [0.4, 0.5) is 0 Å². The molecule has 28 heavy (non-hydrogen) atoms. The Bertz CT molecular complexity index is 688. The average Bonchev–Trinajstić information content (AvgIpc) is 2.71. The SMILES string of the molecule is COc1cccc(OCCC(=O)N2CCN(C(=O)CC[C@H](N)C(=O)O)CC2)c1. The van der Waals surface area contributed by atoms with Gasteiger partial charge in [0, 0.05) is 38.7 Å². The van der Waals surface area contributed by atoms with E-state index in [0.29, 0.717) is 37.7 Å². The second-order valence-electron chi connectivity index (χ2n) is 6.52. The van der Waals surface area contributed by atoms with Crippen molar-refractivity contribution in [1.82, 2.24) is 9.80 Å². The topological polar surface area (TPSA) is 122 Å². The number of aliphatic carboxylic acids is 1. The lowest BCUT2D eigenvalue weighted by molar-refractivity contribution is -0.141. The quantitative estimate of drug-likeness (QED) is 0.620. The number of amides is 2. The van der Waals surface area contributed by atoms with Gasteiger partial charge in [0.15, 0.2) is 0 Å². The van der Waals surface area contributed by atoms with Crippen molar-refractivity contribution in [2.45, 2.75) is 25.3 Å². The van der Waals surface area contributed by atoms with Crippen LogP contribution in [0.2, 0.25) is 0 Å². The number of carbonyl (C=O) groups is 3. The maximum absolute atomic E-state index is 12.3. The summed E-state index contributed by atoms with van der Waals surface area (Å²) in [4.78, 5) is 38.5. The number of carboxylic acids is 1. The van der Waals surface area contributed by atoms with E-state index in [1.54, 1.807) is 29.0 Å². The fourth-order valence-corrected chi connectivity index (χ4v) is 2.87. The van der Waals surface area contributed by atoms with Crippen molar-refractivity contribution < 1.29 is 29.0 Å². The number of nitrogens with two attached hydrogens (primary N) is 1. The van der Waals surface area contributed by atoms with E-state index in [1.807, 2.05) is 12.1 Å². The molecule has 0 aromatic heterocycles. The molecular formula is C19H27N3O6. The Morgan fingerprint density at radius 1 is 1.07 bits per heavy atom. The average molecular weight is 393 g/mol.